The molecule has 0 unspecified atom stereocenters. The van der Waals surface area contributed by atoms with Gasteiger partial charge < -0.3 is 9.47 Å². The normalized spacial score (nSPS) is 10.1. The molecule has 0 saturated heterocycles. The predicted molar refractivity (Wildman–Crippen MR) is 53.6 cm³/mol. The molecule has 1 aromatic carbocycles. The van der Waals surface area contributed by atoms with E-state index in [0.29, 0.717) is 24.0 Å². The maximum Gasteiger partial charge on any atom is 0.138 e. The van der Waals surface area contributed by atoms with Crippen molar-refractivity contribution in [3.63, 3.8) is 0 Å². The molecule has 13 heavy (non-hydrogen) atoms. The molecule has 72 valence electrons. The van der Waals surface area contributed by atoms with E-state index in [1.54, 1.807) is 7.11 Å². The SMILES string of the molecule is COCCOc1ccc(C)cc1Cl. The van der Waals surface area contributed by atoms with Crippen LogP contribution in [0.2, 0.25) is 5.02 Å². The molecule has 0 aromatic heterocycles. The van der Waals surface area contributed by atoms with Gasteiger partial charge in [0, 0.05) is 7.11 Å². The molecule has 3 heteroatoms. The van der Waals surface area contributed by atoms with Crippen LogP contribution in [-0.4, -0.2) is 20.3 Å². The fraction of sp³-hybridized carbons (Fsp3) is 0.400. The lowest BCUT2D eigenvalue weighted by molar-refractivity contribution is 0.146. The van der Waals surface area contributed by atoms with Crippen molar-refractivity contribution in [2.75, 3.05) is 20.3 Å². The van der Waals surface area contributed by atoms with Crippen molar-refractivity contribution in [1.29, 1.82) is 0 Å². The minimum Gasteiger partial charge on any atom is -0.490 e. The van der Waals surface area contributed by atoms with Gasteiger partial charge in [-0.1, -0.05) is 17.7 Å². The fourth-order valence-corrected chi connectivity index (χ4v) is 1.25. The number of benzene rings is 1. The van der Waals surface area contributed by atoms with Crippen LogP contribution in [0.25, 0.3) is 0 Å². The highest BCUT2D eigenvalue weighted by molar-refractivity contribution is 6.32. The van der Waals surface area contributed by atoms with Crippen molar-refractivity contribution in [1.82, 2.24) is 0 Å². The van der Waals surface area contributed by atoms with E-state index in [-0.39, 0.29) is 0 Å². The van der Waals surface area contributed by atoms with Crippen molar-refractivity contribution in [3.05, 3.63) is 28.8 Å². The van der Waals surface area contributed by atoms with Crippen molar-refractivity contribution >= 4 is 11.6 Å². The molecule has 2 nitrogen and oxygen atoms in total. The van der Waals surface area contributed by atoms with Gasteiger partial charge in [0.2, 0.25) is 0 Å². The maximum atomic E-state index is 5.94. The first kappa shape index (κ1) is 10.4. The summed E-state index contributed by atoms with van der Waals surface area (Å²) in [5.41, 5.74) is 1.13. The van der Waals surface area contributed by atoms with E-state index in [1.165, 1.54) is 0 Å². The van der Waals surface area contributed by atoms with Crippen LogP contribution in [0.4, 0.5) is 0 Å². The summed E-state index contributed by atoms with van der Waals surface area (Å²) in [5.74, 6) is 0.712. The minimum absolute atomic E-state index is 0.527. The summed E-state index contributed by atoms with van der Waals surface area (Å²) in [6, 6.07) is 5.71. The Balaban J connectivity index is 2.56. The van der Waals surface area contributed by atoms with Gasteiger partial charge in [-0.05, 0) is 24.6 Å². The van der Waals surface area contributed by atoms with Crippen LogP contribution < -0.4 is 4.74 Å². The third-order valence-electron chi connectivity index (χ3n) is 1.63. The lowest BCUT2D eigenvalue weighted by Crippen LogP contribution is -2.04. The Hall–Kier alpha value is -0.730. The molecule has 0 amide bonds. The van der Waals surface area contributed by atoms with Gasteiger partial charge in [0.1, 0.15) is 12.4 Å². The Morgan fingerprint density at radius 2 is 2.08 bits per heavy atom. The van der Waals surface area contributed by atoms with Crippen LogP contribution in [0.15, 0.2) is 18.2 Å². The highest BCUT2D eigenvalue weighted by Gasteiger charge is 2.00. The summed E-state index contributed by atoms with van der Waals surface area (Å²) in [6.45, 7) is 3.09. The number of halogens is 1. The van der Waals surface area contributed by atoms with E-state index in [9.17, 15) is 0 Å². The van der Waals surface area contributed by atoms with E-state index in [1.807, 2.05) is 25.1 Å². The molecule has 0 aliphatic heterocycles. The standard InChI is InChI=1S/C10H13ClO2/c1-8-3-4-10(9(11)7-8)13-6-5-12-2/h3-4,7H,5-6H2,1-2H3. The van der Waals surface area contributed by atoms with Gasteiger partial charge in [-0.2, -0.15) is 0 Å². The largest absolute Gasteiger partial charge is 0.490 e. The summed E-state index contributed by atoms with van der Waals surface area (Å²) in [4.78, 5) is 0. The minimum atomic E-state index is 0.527. The van der Waals surface area contributed by atoms with Crippen molar-refractivity contribution in [2.45, 2.75) is 6.92 Å². The van der Waals surface area contributed by atoms with Crippen LogP contribution in [-0.2, 0) is 4.74 Å². The lowest BCUT2D eigenvalue weighted by Gasteiger charge is -2.07. The number of aryl methyl sites for hydroxylation is 1. The smallest absolute Gasteiger partial charge is 0.138 e. The molecule has 0 fully saturated rings. The molecule has 0 atom stereocenters. The van der Waals surface area contributed by atoms with Gasteiger partial charge >= 0.3 is 0 Å². The number of methoxy groups -OCH3 is 1. The average molecular weight is 201 g/mol. The van der Waals surface area contributed by atoms with E-state index in [4.69, 9.17) is 21.1 Å². The first-order chi connectivity index (χ1) is 6.24. The lowest BCUT2D eigenvalue weighted by atomic mass is 10.2. The van der Waals surface area contributed by atoms with E-state index >= 15 is 0 Å². The topological polar surface area (TPSA) is 18.5 Å². The Labute approximate surface area is 83.4 Å². The zero-order chi connectivity index (χ0) is 9.68. The molecule has 0 aliphatic rings. The van der Waals surface area contributed by atoms with E-state index in [0.717, 1.165) is 5.56 Å². The first-order valence-electron chi connectivity index (χ1n) is 4.12. The molecule has 0 heterocycles. The molecular weight excluding hydrogens is 188 g/mol. The molecule has 1 aromatic rings. The van der Waals surface area contributed by atoms with E-state index in [2.05, 4.69) is 0 Å². The van der Waals surface area contributed by atoms with Crippen LogP contribution in [0.5, 0.6) is 5.75 Å². The number of hydrogen-bond acceptors (Lipinski definition) is 2. The zero-order valence-corrected chi connectivity index (χ0v) is 8.60. The summed E-state index contributed by atoms with van der Waals surface area (Å²) in [5, 5.41) is 0.649. The van der Waals surface area contributed by atoms with Crippen molar-refractivity contribution < 1.29 is 9.47 Å². The summed E-state index contributed by atoms with van der Waals surface area (Å²) < 4.78 is 10.2. The number of hydrogen-bond donors (Lipinski definition) is 0. The molecule has 1 rings (SSSR count). The first-order valence-corrected chi connectivity index (χ1v) is 4.49. The molecule has 0 aliphatic carbocycles. The van der Waals surface area contributed by atoms with Crippen molar-refractivity contribution in [2.24, 2.45) is 0 Å². The Bertz CT molecular complexity index is 274. The number of ether oxygens (including phenoxy) is 2. The molecule has 0 bridgehead atoms. The second-order valence-electron chi connectivity index (χ2n) is 2.78. The second-order valence-corrected chi connectivity index (χ2v) is 3.18. The van der Waals surface area contributed by atoms with Gasteiger partial charge in [0.15, 0.2) is 0 Å². The highest BCUT2D eigenvalue weighted by atomic mass is 35.5. The molecule has 0 saturated carbocycles. The number of rotatable bonds is 4. The monoisotopic (exact) mass is 200 g/mol. The van der Waals surface area contributed by atoms with Gasteiger partial charge in [-0.3, -0.25) is 0 Å². The van der Waals surface area contributed by atoms with Gasteiger partial charge in [-0.15, -0.1) is 0 Å². The Morgan fingerprint density at radius 1 is 1.31 bits per heavy atom. The van der Waals surface area contributed by atoms with Crippen molar-refractivity contribution in [3.8, 4) is 5.75 Å². The fourth-order valence-electron chi connectivity index (χ4n) is 0.958. The summed E-state index contributed by atoms with van der Waals surface area (Å²) in [7, 11) is 1.64. The van der Waals surface area contributed by atoms with Crippen LogP contribution in [0.3, 0.4) is 0 Å². The summed E-state index contributed by atoms with van der Waals surface area (Å²) >= 11 is 5.94. The third-order valence-corrected chi connectivity index (χ3v) is 1.93. The quantitative estimate of drug-likeness (QED) is 0.696. The van der Waals surface area contributed by atoms with Gasteiger partial charge in [0.05, 0.1) is 11.6 Å². The highest BCUT2D eigenvalue weighted by Crippen LogP contribution is 2.24. The van der Waals surface area contributed by atoms with Crippen LogP contribution in [0.1, 0.15) is 5.56 Å². The maximum absolute atomic E-state index is 5.94. The zero-order valence-electron chi connectivity index (χ0n) is 7.84. The third kappa shape index (κ3) is 3.25. The molecule has 0 radical (unpaired) electrons. The Morgan fingerprint density at radius 3 is 2.69 bits per heavy atom. The summed E-state index contributed by atoms with van der Waals surface area (Å²) in [6.07, 6.45) is 0. The Kier molecular flexibility index (Phi) is 4.06. The second kappa shape index (κ2) is 5.10. The van der Waals surface area contributed by atoms with Gasteiger partial charge in [-0.25, -0.2) is 0 Å². The molecule has 0 N–H and O–H groups in total. The molecule has 0 spiro atoms. The van der Waals surface area contributed by atoms with Crippen LogP contribution >= 0.6 is 11.6 Å². The van der Waals surface area contributed by atoms with Gasteiger partial charge in [0.25, 0.3) is 0 Å². The van der Waals surface area contributed by atoms with Crippen LogP contribution in [0, 0.1) is 6.92 Å². The predicted octanol–water partition coefficient (Wildman–Crippen LogP) is 2.67. The average Bonchev–Trinajstić information content (AvgIpc) is 2.09. The van der Waals surface area contributed by atoms with E-state index < -0.39 is 0 Å². The molecular formula is C10H13ClO2.